The molecule has 2 N–H and O–H groups in total. The van der Waals surface area contributed by atoms with E-state index in [1.165, 1.54) is 35.3 Å². The van der Waals surface area contributed by atoms with Crippen LogP contribution in [0.3, 0.4) is 0 Å². The zero-order valence-electron chi connectivity index (χ0n) is 19.1. The van der Waals surface area contributed by atoms with E-state index in [1.54, 1.807) is 19.2 Å². The van der Waals surface area contributed by atoms with Crippen LogP contribution in [0.1, 0.15) is 22.6 Å². The summed E-state index contributed by atoms with van der Waals surface area (Å²) in [6.07, 6.45) is 4.14. The monoisotopic (exact) mass is 490 g/mol. The number of fused-ring (bicyclic) bond motifs is 1. The molecular weight excluding hydrogens is 462 g/mol. The van der Waals surface area contributed by atoms with Gasteiger partial charge in [-0.15, -0.1) is 0 Å². The second kappa shape index (κ2) is 10.2. The Morgan fingerprint density at radius 1 is 1.24 bits per heavy atom. The summed E-state index contributed by atoms with van der Waals surface area (Å²) >= 11 is 0. The van der Waals surface area contributed by atoms with E-state index in [2.05, 4.69) is 15.0 Å². The molecule has 1 aliphatic carbocycles. The second-order valence-electron chi connectivity index (χ2n) is 8.57. The fraction of sp³-hybridized carbons (Fsp3) is 0.375. The molecule has 4 rings (SSSR count). The first-order chi connectivity index (χ1) is 16.3. The maximum absolute atomic E-state index is 14.8. The molecule has 2 aromatic carbocycles. The van der Waals surface area contributed by atoms with Gasteiger partial charge in [0.2, 0.25) is 0 Å². The largest absolute Gasteiger partial charge is 0.489 e. The Bertz CT molecular complexity index is 1260. The van der Waals surface area contributed by atoms with E-state index in [0.717, 1.165) is 29.7 Å². The Hall–Kier alpha value is -2.82. The van der Waals surface area contributed by atoms with Crippen LogP contribution in [0, 0.1) is 17.6 Å². The van der Waals surface area contributed by atoms with Gasteiger partial charge in [0.1, 0.15) is 12.4 Å². The smallest absolute Gasteiger partial charge is 0.259 e. The summed E-state index contributed by atoms with van der Waals surface area (Å²) < 4.78 is 62.6. The minimum absolute atomic E-state index is 0.0372. The lowest BCUT2D eigenvalue weighted by Gasteiger charge is -2.21. The predicted molar refractivity (Wildman–Crippen MR) is 124 cm³/mol. The van der Waals surface area contributed by atoms with Crippen LogP contribution in [0.4, 0.5) is 8.78 Å². The number of ether oxygens (including phenoxy) is 1. The van der Waals surface area contributed by atoms with Crippen molar-refractivity contribution in [2.75, 3.05) is 26.7 Å². The number of hydrogen-bond acceptors (Lipinski definition) is 5. The predicted octanol–water partition coefficient (Wildman–Crippen LogP) is 2.77. The van der Waals surface area contributed by atoms with Crippen LogP contribution in [-0.2, 0) is 29.9 Å². The Morgan fingerprint density at radius 2 is 2.06 bits per heavy atom. The Balaban J connectivity index is 1.46. The van der Waals surface area contributed by atoms with Gasteiger partial charge < -0.3 is 14.6 Å². The lowest BCUT2D eigenvalue weighted by Crippen LogP contribution is -2.28. The molecule has 0 amide bonds. The maximum atomic E-state index is 14.8. The van der Waals surface area contributed by atoms with Crippen molar-refractivity contribution in [2.24, 2.45) is 13.0 Å². The van der Waals surface area contributed by atoms with E-state index in [1.807, 2.05) is 13.1 Å². The third-order valence-electron chi connectivity index (χ3n) is 6.06. The van der Waals surface area contributed by atoms with Gasteiger partial charge >= 0.3 is 0 Å². The molecule has 0 saturated heterocycles. The molecule has 182 valence electrons. The van der Waals surface area contributed by atoms with Gasteiger partial charge in [0.25, 0.3) is 10.0 Å². The first-order valence-electron chi connectivity index (χ1n) is 11.1. The summed E-state index contributed by atoms with van der Waals surface area (Å²) in [7, 11) is -0.214. The molecule has 3 aromatic rings. The Morgan fingerprint density at radius 3 is 2.76 bits per heavy atom. The summed E-state index contributed by atoms with van der Waals surface area (Å²) in [4.78, 5) is 3.83. The molecule has 10 heteroatoms. The second-order valence-corrected chi connectivity index (χ2v) is 10.3. The van der Waals surface area contributed by atoms with Crippen molar-refractivity contribution >= 4 is 10.0 Å². The van der Waals surface area contributed by atoms with Gasteiger partial charge in [-0.25, -0.2) is 26.9 Å². The van der Waals surface area contributed by atoms with Gasteiger partial charge in [-0.2, -0.15) is 0 Å². The molecule has 2 unspecified atom stereocenters. The van der Waals surface area contributed by atoms with Crippen molar-refractivity contribution in [1.82, 2.24) is 19.6 Å². The van der Waals surface area contributed by atoms with Crippen molar-refractivity contribution in [2.45, 2.75) is 23.8 Å². The van der Waals surface area contributed by atoms with Crippen LogP contribution >= 0.6 is 0 Å². The number of nitrogens with zero attached hydrogens (tertiary/aromatic N) is 2. The Kier molecular flexibility index (Phi) is 7.30. The van der Waals surface area contributed by atoms with Gasteiger partial charge in [-0.1, -0.05) is 12.1 Å². The number of rotatable bonds is 10. The number of aryl methyl sites for hydroxylation is 1. The van der Waals surface area contributed by atoms with E-state index < -0.39 is 15.8 Å². The first-order valence-corrected chi connectivity index (χ1v) is 12.6. The zero-order chi connectivity index (χ0) is 24.3. The number of benzene rings is 2. The normalized spacial score (nSPS) is 17.6. The molecule has 0 spiro atoms. The zero-order valence-corrected chi connectivity index (χ0v) is 19.9. The Labute approximate surface area is 198 Å². The highest BCUT2D eigenvalue weighted by Gasteiger charge is 2.33. The number of nitrogens with one attached hydrogen (secondary N) is 2. The van der Waals surface area contributed by atoms with Gasteiger partial charge in [-0.3, -0.25) is 0 Å². The standard InChI is InChI=1S/C24H28F2N4O3S/c1-27-13-18-10-17-11-22(26)23(12-21(17)20(18)9-16-4-3-5-19(25)8-16)33-7-6-29-34(31,32)24-14-30(2)15-28-24/h3-5,8,11-12,14-15,18,20,27,29H,6-7,9-10,13H2,1-2H3. The summed E-state index contributed by atoms with van der Waals surface area (Å²) in [6, 6.07) is 9.74. The molecule has 7 nitrogen and oxygen atoms in total. The van der Waals surface area contributed by atoms with Crippen LogP contribution in [-0.4, -0.2) is 44.7 Å². The lowest BCUT2D eigenvalue weighted by atomic mass is 9.86. The number of halogens is 2. The number of sulfonamides is 1. The van der Waals surface area contributed by atoms with E-state index in [-0.39, 0.29) is 41.6 Å². The molecule has 34 heavy (non-hydrogen) atoms. The van der Waals surface area contributed by atoms with E-state index >= 15 is 0 Å². The first kappa shape index (κ1) is 24.3. The van der Waals surface area contributed by atoms with E-state index in [0.29, 0.717) is 6.42 Å². The van der Waals surface area contributed by atoms with E-state index in [4.69, 9.17) is 4.74 Å². The third kappa shape index (κ3) is 5.45. The molecule has 0 radical (unpaired) electrons. The molecule has 0 aliphatic heterocycles. The highest BCUT2D eigenvalue weighted by Crippen LogP contribution is 2.42. The fourth-order valence-electron chi connectivity index (χ4n) is 4.53. The molecule has 0 bridgehead atoms. The summed E-state index contributed by atoms with van der Waals surface area (Å²) in [5, 5.41) is 3.11. The molecule has 1 aliphatic rings. The summed E-state index contributed by atoms with van der Waals surface area (Å²) in [6.45, 7) is 0.669. The average Bonchev–Trinajstić information content (AvgIpc) is 3.36. The van der Waals surface area contributed by atoms with E-state index in [9.17, 15) is 17.2 Å². The number of imidazole rings is 1. The van der Waals surface area contributed by atoms with Crippen LogP contribution in [0.5, 0.6) is 5.75 Å². The molecule has 0 saturated carbocycles. The van der Waals surface area contributed by atoms with Crippen LogP contribution < -0.4 is 14.8 Å². The van der Waals surface area contributed by atoms with Gasteiger partial charge in [0, 0.05) is 19.8 Å². The van der Waals surface area contributed by atoms with Crippen molar-refractivity contribution in [3.63, 3.8) is 0 Å². The number of aromatic nitrogens is 2. The lowest BCUT2D eigenvalue weighted by molar-refractivity contribution is 0.305. The topological polar surface area (TPSA) is 85.3 Å². The highest BCUT2D eigenvalue weighted by atomic mass is 32.2. The molecule has 1 aromatic heterocycles. The minimum Gasteiger partial charge on any atom is -0.489 e. The van der Waals surface area contributed by atoms with Crippen molar-refractivity contribution in [3.8, 4) is 5.75 Å². The third-order valence-corrected chi connectivity index (χ3v) is 7.41. The van der Waals surface area contributed by atoms with Gasteiger partial charge in [-0.05, 0) is 79.2 Å². The average molecular weight is 491 g/mol. The van der Waals surface area contributed by atoms with Crippen molar-refractivity contribution in [3.05, 3.63) is 77.2 Å². The van der Waals surface area contributed by atoms with Crippen LogP contribution in [0.2, 0.25) is 0 Å². The molecule has 2 atom stereocenters. The van der Waals surface area contributed by atoms with Crippen molar-refractivity contribution in [1.29, 1.82) is 0 Å². The fourth-order valence-corrected chi connectivity index (χ4v) is 5.52. The summed E-state index contributed by atoms with van der Waals surface area (Å²) in [5.41, 5.74) is 2.78. The highest BCUT2D eigenvalue weighted by molar-refractivity contribution is 7.89. The minimum atomic E-state index is -3.77. The van der Waals surface area contributed by atoms with Crippen molar-refractivity contribution < 1.29 is 21.9 Å². The molecule has 0 fully saturated rings. The van der Waals surface area contributed by atoms with Gasteiger partial charge in [0.05, 0.1) is 6.33 Å². The molecular formula is C24H28F2N4O3S. The van der Waals surface area contributed by atoms with Gasteiger partial charge in [0.15, 0.2) is 16.6 Å². The van der Waals surface area contributed by atoms with Crippen LogP contribution in [0.15, 0.2) is 53.9 Å². The number of hydrogen-bond donors (Lipinski definition) is 2. The van der Waals surface area contributed by atoms with Crippen LogP contribution in [0.25, 0.3) is 0 Å². The molecule has 1 heterocycles. The maximum Gasteiger partial charge on any atom is 0.259 e. The summed E-state index contributed by atoms with van der Waals surface area (Å²) in [5.74, 6) is -0.374. The quantitative estimate of drug-likeness (QED) is 0.427. The SMILES string of the molecule is CNCC1Cc2cc(F)c(OCCNS(=O)(=O)c3cn(C)cn3)cc2C1Cc1cccc(F)c1.